The highest BCUT2D eigenvalue weighted by atomic mass is 19.2. The second-order valence-corrected chi connectivity index (χ2v) is 4.37. The molecule has 0 aliphatic rings. The first kappa shape index (κ1) is 19.8. The van der Waals surface area contributed by atoms with Crippen LogP contribution < -0.4 is 4.74 Å². The summed E-state index contributed by atoms with van der Waals surface area (Å²) >= 11 is 0. The number of esters is 1. The molecule has 0 spiro atoms. The summed E-state index contributed by atoms with van der Waals surface area (Å²) in [5, 5.41) is 8.62. The normalized spacial score (nSPS) is 12.0. The van der Waals surface area contributed by atoms with E-state index in [0.29, 0.717) is 0 Å². The topological polar surface area (TPSA) is 82.1 Å². The van der Waals surface area contributed by atoms with Crippen molar-refractivity contribution in [1.82, 2.24) is 0 Å². The standard InChI is InChI=1S/C14H14F4O6/c1-2-22-11(6-9(19)20)23-4-3-10(21)24-14-12(17)7(15)5-8(16)13(14)18/h5,11H,2-4,6H2,1H3,(H,19,20). The average molecular weight is 354 g/mol. The molecule has 0 heterocycles. The number of benzene rings is 1. The molecule has 0 radical (unpaired) electrons. The third-order valence-corrected chi connectivity index (χ3v) is 2.59. The molecule has 1 aromatic carbocycles. The molecule has 1 aromatic rings. The lowest BCUT2D eigenvalue weighted by molar-refractivity contribution is -0.167. The molecule has 1 N–H and O–H groups in total. The fraction of sp³-hybridized carbons (Fsp3) is 0.429. The summed E-state index contributed by atoms with van der Waals surface area (Å²) in [6.45, 7) is 1.36. The summed E-state index contributed by atoms with van der Waals surface area (Å²) in [7, 11) is 0. The van der Waals surface area contributed by atoms with Gasteiger partial charge >= 0.3 is 11.9 Å². The highest BCUT2D eigenvalue weighted by Gasteiger charge is 2.23. The van der Waals surface area contributed by atoms with Crippen LogP contribution in [0.15, 0.2) is 6.07 Å². The lowest BCUT2D eigenvalue weighted by Crippen LogP contribution is -2.23. The van der Waals surface area contributed by atoms with Crippen LogP contribution in [0.25, 0.3) is 0 Å². The van der Waals surface area contributed by atoms with Crippen LogP contribution in [0.4, 0.5) is 17.6 Å². The first-order valence-corrected chi connectivity index (χ1v) is 6.74. The zero-order chi connectivity index (χ0) is 18.3. The Labute approximate surface area is 133 Å². The summed E-state index contributed by atoms with van der Waals surface area (Å²) in [6, 6.07) is -0.0241. The summed E-state index contributed by atoms with van der Waals surface area (Å²) in [4.78, 5) is 22.0. The Morgan fingerprint density at radius 2 is 1.71 bits per heavy atom. The Bertz CT molecular complexity index is 581. The number of ether oxygens (including phenoxy) is 3. The van der Waals surface area contributed by atoms with Crippen molar-refractivity contribution < 1.29 is 46.5 Å². The number of carboxylic acids is 1. The van der Waals surface area contributed by atoms with Gasteiger partial charge < -0.3 is 19.3 Å². The molecule has 0 amide bonds. The molecular weight excluding hydrogens is 340 g/mol. The lowest BCUT2D eigenvalue weighted by Gasteiger charge is -2.15. The first-order chi connectivity index (χ1) is 11.3. The van der Waals surface area contributed by atoms with Gasteiger partial charge in [-0.05, 0) is 6.92 Å². The minimum absolute atomic E-state index is 0.0241. The number of carbonyl (C=O) groups excluding carboxylic acids is 1. The van der Waals surface area contributed by atoms with E-state index < -0.39 is 66.7 Å². The predicted octanol–water partition coefficient (Wildman–Crippen LogP) is 2.39. The molecular formula is C14H14F4O6. The van der Waals surface area contributed by atoms with E-state index >= 15 is 0 Å². The van der Waals surface area contributed by atoms with Gasteiger partial charge in [-0.1, -0.05) is 0 Å². The van der Waals surface area contributed by atoms with Gasteiger partial charge in [0, 0.05) is 12.7 Å². The average Bonchev–Trinajstić information content (AvgIpc) is 2.49. The predicted molar refractivity (Wildman–Crippen MR) is 70.1 cm³/mol. The van der Waals surface area contributed by atoms with Crippen molar-refractivity contribution in [2.24, 2.45) is 0 Å². The van der Waals surface area contributed by atoms with Gasteiger partial charge in [0.25, 0.3) is 0 Å². The minimum Gasteiger partial charge on any atom is -0.481 e. The van der Waals surface area contributed by atoms with E-state index in [9.17, 15) is 27.2 Å². The van der Waals surface area contributed by atoms with Crippen LogP contribution in [0.5, 0.6) is 5.75 Å². The van der Waals surface area contributed by atoms with Gasteiger partial charge in [-0.3, -0.25) is 9.59 Å². The van der Waals surface area contributed by atoms with Crippen LogP contribution in [0, 0.1) is 23.3 Å². The smallest absolute Gasteiger partial charge is 0.313 e. The Balaban J connectivity index is 2.60. The third kappa shape index (κ3) is 5.78. The van der Waals surface area contributed by atoms with Crippen LogP contribution in [0.1, 0.15) is 19.8 Å². The quantitative estimate of drug-likeness (QED) is 0.241. The highest BCUT2D eigenvalue weighted by molar-refractivity contribution is 5.72. The molecule has 0 aromatic heterocycles. The van der Waals surface area contributed by atoms with E-state index in [1.807, 2.05) is 0 Å². The van der Waals surface area contributed by atoms with Gasteiger partial charge in [-0.25, -0.2) is 8.78 Å². The zero-order valence-electron chi connectivity index (χ0n) is 12.5. The molecule has 6 nitrogen and oxygen atoms in total. The lowest BCUT2D eigenvalue weighted by atomic mass is 10.3. The van der Waals surface area contributed by atoms with Crippen molar-refractivity contribution in [3.8, 4) is 5.75 Å². The zero-order valence-corrected chi connectivity index (χ0v) is 12.5. The number of hydrogen-bond donors (Lipinski definition) is 1. The molecule has 0 saturated carbocycles. The van der Waals surface area contributed by atoms with Gasteiger partial charge in [0.2, 0.25) is 17.4 Å². The molecule has 0 fully saturated rings. The highest BCUT2D eigenvalue weighted by Crippen LogP contribution is 2.26. The van der Waals surface area contributed by atoms with E-state index in [0.717, 1.165) is 0 Å². The molecule has 0 bridgehead atoms. The van der Waals surface area contributed by atoms with Crippen molar-refractivity contribution in [1.29, 1.82) is 0 Å². The van der Waals surface area contributed by atoms with Crippen molar-refractivity contribution in [2.75, 3.05) is 13.2 Å². The third-order valence-electron chi connectivity index (χ3n) is 2.59. The van der Waals surface area contributed by atoms with E-state index in [-0.39, 0.29) is 12.7 Å². The van der Waals surface area contributed by atoms with Crippen molar-refractivity contribution >= 4 is 11.9 Å². The van der Waals surface area contributed by atoms with Gasteiger partial charge in [-0.2, -0.15) is 8.78 Å². The summed E-state index contributed by atoms with van der Waals surface area (Å²) in [6.07, 6.45) is -2.16. The molecule has 0 saturated heterocycles. The van der Waals surface area contributed by atoms with Gasteiger partial charge in [0.1, 0.15) is 0 Å². The number of carboxylic acid groups (broad SMARTS) is 1. The molecule has 0 aliphatic carbocycles. The second-order valence-electron chi connectivity index (χ2n) is 4.37. The van der Waals surface area contributed by atoms with Gasteiger partial charge in [0.15, 0.2) is 17.9 Å². The monoisotopic (exact) mass is 354 g/mol. The fourth-order valence-corrected chi connectivity index (χ4v) is 1.57. The Hall–Kier alpha value is -2.20. The van der Waals surface area contributed by atoms with Crippen molar-refractivity contribution in [2.45, 2.75) is 26.1 Å². The van der Waals surface area contributed by atoms with Crippen molar-refractivity contribution in [3.63, 3.8) is 0 Å². The van der Waals surface area contributed by atoms with Crippen LogP contribution in [-0.4, -0.2) is 36.5 Å². The maximum atomic E-state index is 13.3. The molecule has 1 atom stereocenters. The number of rotatable bonds is 9. The Morgan fingerprint density at radius 1 is 1.12 bits per heavy atom. The SMILES string of the molecule is CCOC(CC(=O)O)OCCC(=O)Oc1c(F)c(F)cc(F)c1F. The summed E-state index contributed by atoms with van der Waals surface area (Å²) < 4.78 is 66.7. The van der Waals surface area contributed by atoms with Crippen LogP contribution >= 0.6 is 0 Å². The van der Waals surface area contributed by atoms with Gasteiger partial charge in [0.05, 0.1) is 19.4 Å². The van der Waals surface area contributed by atoms with Gasteiger partial charge in [-0.15, -0.1) is 0 Å². The van der Waals surface area contributed by atoms with E-state index in [1.165, 1.54) is 0 Å². The minimum atomic E-state index is -1.85. The molecule has 134 valence electrons. The molecule has 1 unspecified atom stereocenters. The van der Waals surface area contributed by atoms with E-state index in [2.05, 4.69) is 4.74 Å². The van der Waals surface area contributed by atoms with Crippen LogP contribution in [0.2, 0.25) is 0 Å². The van der Waals surface area contributed by atoms with E-state index in [4.69, 9.17) is 14.6 Å². The molecule has 24 heavy (non-hydrogen) atoms. The second kappa shape index (κ2) is 9.18. The largest absolute Gasteiger partial charge is 0.481 e. The molecule has 0 aliphatic heterocycles. The number of carbonyl (C=O) groups is 2. The van der Waals surface area contributed by atoms with E-state index in [1.54, 1.807) is 6.92 Å². The summed E-state index contributed by atoms with van der Waals surface area (Å²) in [5.74, 6) is -11.1. The molecule has 10 heteroatoms. The van der Waals surface area contributed by atoms with Crippen LogP contribution in [0.3, 0.4) is 0 Å². The van der Waals surface area contributed by atoms with Crippen LogP contribution in [-0.2, 0) is 19.1 Å². The Morgan fingerprint density at radius 3 is 2.21 bits per heavy atom. The first-order valence-electron chi connectivity index (χ1n) is 6.74. The maximum Gasteiger partial charge on any atom is 0.313 e. The number of aliphatic carboxylic acids is 1. The maximum absolute atomic E-state index is 13.3. The van der Waals surface area contributed by atoms with Crippen molar-refractivity contribution in [3.05, 3.63) is 29.3 Å². The molecule has 1 rings (SSSR count). The Kier molecular flexibility index (Phi) is 7.59. The fourth-order valence-electron chi connectivity index (χ4n) is 1.57. The summed E-state index contributed by atoms with van der Waals surface area (Å²) in [5.41, 5.74) is 0. The number of hydrogen-bond acceptors (Lipinski definition) is 5. The number of halogens is 4.